The molecule has 0 aliphatic heterocycles. The highest BCUT2D eigenvalue weighted by molar-refractivity contribution is 6.11. The summed E-state index contributed by atoms with van der Waals surface area (Å²) in [6.45, 7) is 0. The van der Waals surface area contributed by atoms with Crippen molar-refractivity contribution in [2.24, 2.45) is 0 Å². The zero-order valence-corrected chi connectivity index (χ0v) is 47.2. The molecular weight excluding hydrogens is 1040 g/mol. The number of para-hydroxylation sites is 1. The summed E-state index contributed by atoms with van der Waals surface area (Å²) in [5, 5.41) is 4.91. The normalized spacial score (nSPS) is 13.3. The molecule has 1 aromatic heterocycles. The van der Waals surface area contributed by atoms with Gasteiger partial charge in [0.05, 0.1) is 21.9 Å². The van der Waals surface area contributed by atoms with E-state index in [0.717, 1.165) is 33.9 Å². The second-order valence-corrected chi connectivity index (χ2v) is 23.1. The van der Waals surface area contributed by atoms with Crippen LogP contribution in [-0.2, 0) is 10.8 Å². The van der Waals surface area contributed by atoms with E-state index in [1.807, 2.05) is 0 Å². The van der Waals surface area contributed by atoms with Crippen molar-refractivity contribution in [3.05, 3.63) is 384 Å². The highest BCUT2D eigenvalue weighted by Crippen LogP contribution is 2.59. The third-order valence-corrected chi connectivity index (χ3v) is 18.7. The average molecular weight is 1090 g/mol. The molecule has 0 bridgehead atoms. The van der Waals surface area contributed by atoms with Crippen LogP contribution in [0.5, 0.6) is 0 Å². The lowest BCUT2D eigenvalue weighted by Gasteiger charge is -2.34. The molecule has 0 saturated heterocycles. The second kappa shape index (κ2) is 19.8. The van der Waals surface area contributed by atoms with Crippen LogP contribution >= 0.6 is 0 Å². The fourth-order valence-electron chi connectivity index (χ4n) is 15.0. The Kier molecular flexibility index (Phi) is 11.4. The Hall–Kier alpha value is -11.1. The molecule has 0 unspecified atom stereocenters. The maximum Gasteiger partial charge on any atom is 0.0713 e. The number of rotatable bonds is 10. The lowest BCUT2D eigenvalue weighted by Crippen LogP contribution is -2.28. The summed E-state index contributed by atoms with van der Waals surface area (Å²) in [6, 6.07) is 126. The average Bonchev–Trinajstić information content (AvgIpc) is 1.80. The van der Waals surface area contributed by atoms with Gasteiger partial charge in [-0.05, 0) is 179 Å². The van der Waals surface area contributed by atoms with Crippen molar-refractivity contribution in [3.8, 4) is 50.2 Å². The fraction of sp³-hybridized carbons (Fsp3) is 0.0238. The first-order chi connectivity index (χ1) is 42.6. The maximum atomic E-state index is 2.50. The monoisotopic (exact) mass is 1090 g/mol. The summed E-state index contributed by atoms with van der Waals surface area (Å²) in [4.78, 5) is 2.43. The number of aromatic nitrogens is 1. The Morgan fingerprint density at radius 2 is 0.628 bits per heavy atom. The Morgan fingerprint density at radius 1 is 0.233 bits per heavy atom. The molecule has 17 rings (SSSR count). The van der Waals surface area contributed by atoms with E-state index in [-0.39, 0.29) is 0 Å². The molecule has 1 heterocycles. The summed E-state index contributed by atoms with van der Waals surface area (Å²) in [7, 11) is 0. The van der Waals surface area contributed by atoms with Crippen molar-refractivity contribution in [1.82, 2.24) is 4.57 Å². The summed E-state index contributed by atoms with van der Waals surface area (Å²) in [5.41, 5.74) is 25.7. The summed E-state index contributed by atoms with van der Waals surface area (Å²) >= 11 is 0. The number of anilines is 3. The van der Waals surface area contributed by atoms with E-state index in [1.54, 1.807) is 0 Å². The predicted octanol–water partition coefficient (Wildman–Crippen LogP) is 21.5. The highest BCUT2D eigenvalue weighted by Gasteiger charge is 2.47. The van der Waals surface area contributed by atoms with Crippen LogP contribution < -0.4 is 4.90 Å². The SMILES string of the molecule is c1ccc(-n2c3ccc(-c4ccc(N(c5ccc(-c6ccc7ccccc7c6)cc5)c5ccc6c(c5)-c5ccccc5C6(c5ccccc5)c5ccccc5)cc4)cc3c3cc(C4(c5ccccc5)c5ccccc5-c5ccccc54)ccc32)cc1. The second-order valence-electron chi connectivity index (χ2n) is 23.1. The topological polar surface area (TPSA) is 8.17 Å². The van der Waals surface area contributed by atoms with E-state index in [0.29, 0.717) is 0 Å². The van der Waals surface area contributed by atoms with Crippen molar-refractivity contribution >= 4 is 49.6 Å². The van der Waals surface area contributed by atoms with Gasteiger partial charge in [-0.2, -0.15) is 0 Å². The van der Waals surface area contributed by atoms with Crippen LogP contribution in [0.1, 0.15) is 44.5 Å². The van der Waals surface area contributed by atoms with Crippen LogP contribution in [-0.4, -0.2) is 4.57 Å². The van der Waals surface area contributed by atoms with Crippen LogP contribution in [0.4, 0.5) is 17.1 Å². The van der Waals surface area contributed by atoms with Gasteiger partial charge >= 0.3 is 0 Å². The number of nitrogens with zero attached hydrogens (tertiary/aromatic N) is 2. The minimum Gasteiger partial charge on any atom is -0.310 e. The van der Waals surface area contributed by atoms with E-state index in [9.17, 15) is 0 Å². The standard InChI is InChI=1S/C84H56N2/c1-5-23-63(24-6-1)83(64-25-7-2-8-26-64)79-36-20-17-33-73(79)74-56-70(49-50-80(74)83)85(68-45-39-58(40-46-68)61-38-37-57-21-13-14-22-60(57)53-61)69-47-41-59(42-48-69)62-43-51-81-75(54-62)76-55-66(44-52-82(76)86(81)67-29-11-4-12-30-67)84(65-27-9-3-10-28-65)77-34-18-15-31-71(77)72-32-16-19-35-78(72)84/h1-56H. The third kappa shape index (κ3) is 7.46. The van der Waals surface area contributed by atoms with Gasteiger partial charge in [-0.1, -0.05) is 261 Å². The van der Waals surface area contributed by atoms with Gasteiger partial charge in [-0.3, -0.25) is 0 Å². The third-order valence-electron chi connectivity index (χ3n) is 18.7. The molecule has 2 aliphatic rings. The summed E-state index contributed by atoms with van der Waals surface area (Å²) in [6.07, 6.45) is 0. The van der Waals surface area contributed by atoms with E-state index in [2.05, 4.69) is 349 Å². The van der Waals surface area contributed by atoms with Gasteiger partial charge < -0.3 is 9.47 Å². The first-order valence-corrected chi connectivity index (χ1v) is 29.9. The van der Waals surface area contributed by atoms with Crippen LogP contribution in [0, 0.1) is 0 Å². The van der Waals surface area contributed by atoms with Crippen molar-refractivity contribution in [1.29, 1.82) is 0 Å². The zero-order valence-electron chi connectivity index (χ0n) is 47.2. The van der Waals surface area contributed by atoms with E-state index in [1.165, 1.54) is 110 Å². The molecule has 2 nitrogen and oxygen atoms in total. The molecule has 0 radical (unpaired) electrons. The van der Waals surface area contributed by atoms with Crippen molar-refractivity contribution < 1.29 is 0 Å². The number of hydrogen-bond donors (Lipinski definition) is 0. The lowest BCUT2D eigenvalue weighted by atomic mass is 9.67. The smallest absolute Gasteiger partial charge is 0.0713 e. The molecule has 2 aliphatic carbocycles. The van der Waals surface area contributed by atoms with Crippen LogP contribution in [0.2, 0.25) is 0 Å². The first kappa shape index (κ1) is 49.5. The number of benzene rings is 14. The zero-order chi connectivity index (χ0) is 56.8. The predicted molar refractivity (Wildman–Crippen MR) is 358 cm³/mol. The fourth-order valence-corrected chi connectivity index (χ4v) is 15.0. The molecule has 0 N–H and O–H groups in total. The number of fused-ring (bicyclic) bond motifs is 10. The van der Waals surface area contributed by atoms with Gasteiger partial charge in [0.15, 0.2) is 0 Å². The van der Waals surface area contributed by atoms with Crippen molar-refractivity contribution in [2.45, 2.75) is 10.8 Å². The highest BCUT2D eigenvalue weighted by atomic mass is 15.1. The quantitative estimate of drug-likeness (QED) is 0.132. The molecule has 0 fully saturated rings. The Balaban J connectivity index is 0.822. The van der Waals surface area contributed by atoms with Gasteiger partial charge in [0.1, 0.15) is 0 Å². The lowest BCUT2D eigenvalue weighted by molar-refractivity contribution is 0.768. The summed E-state index contributed by atoms with van der Waals surface area (Å²) < 4.78 is 2.44. The maximum absolute atomic E-state index is 2.50. The Labute approximate surface area is 501 Å². The molecule has 15 aromatic rings. The minimum atomic E-state index is -0.519. The summed E-state index contributed by atoms with van der Waals surface area (Å²) in [5.74, 6) is 0. The largest absolute Gasteiger partial charge is 0.310 e. The van der Waals surface area contributed by atoms with E-state index in [4.69, 9.17) is 0 Å². The molecule has 402 valence electrons. The van der Waals surface area contributed by atoms with E-state index < -0.39 is 10.8 Å². The minimum absolute atomic E-state index is 0.492. The van der Waals surface area contributed by atoms with Crippen LogP contribution in [0.3, 0.4) is 0 Å². The van der Waals surface area contributed by atoms with Crippen molar-refractivity contribution in [3.63, 3.8) is 0 Å². The molecule has 2 heteroatoms. The molecule has 0 amide bonds. The Bertz CT molecular complexity index is 5000. The van der Waals surface area contributed by atoms with Gasteiger partial charge in [0, 0.05) is 33.5 Å². The van der Waals surface area contributed by atoms with Gasteiger partial charge in [-0.15, -0.1) is 0 Å². The molecule has 14 aromatic carbocycles. The molecule has 0 spiro atoms. The van der Waals surface area contributed by atoms with E-state index >= 15 is 0 Å². The van der Waals surface area contributed by atoms with Gasteiger partial charge in [-0.25, -0.2) is 0 Å². The van der Waals surface area contributed by atoms with Crippen LogP contribution in [0.25, 0.3) is 82.8 Å². The Morgan fingerprint density at radius 3 is 1.19 bits per heavy atom. The van der Waals surface area contributed by atoms with Gasteiger partial charge in [0.2, 0.25) is 0 Å². The van der Waals surface area contributed by atoms with Crippen molar-refractivity contribution in [2.75, 3.05) is 4.90 Å². The molecule has 0 atom stereocenters. The molecule has 86 heavy (non-hydrogen) atoms. The van der Waals surface area contributed by atoms with Crippen LogP contribution in [0.15, 0.2) is 340 Å². The first-order valence-electron chi connectivity index (χ1n) is 29.9. The molecular formula is C84H56N2. The van der Waals surface area contributed by atoms with Gasteiger partial charge in [0.25, 0.3) is 0 Å². The molecule has 0 saturated carbocycles. The number of hydrogen-bond acceptors (Lipinski definition) is 1.